The summed E-state index contributed by atoms with van der Waals surface area (Å²) in [6, 6.07) is 25.8. The molecule has 0 radical (unpaired) electrons. The molecule has 0 fully saturated rings. The standard InChI is InChI=1S/C26H23N3O5S2/c1-33-21-13-9-20(10-14-21)29-36(31,32)22-15-11-19(12-16-22)27-26(35)28-25(30)17-34-24-8-4-6-18-5-2-3-7-23(18)24/h2-16,29H,17H2,1H3,(H2,27,28,30,35). The van der Waals surface area contributed by atoms with Crippen molar-refractivity contribution >= 4 is 55.4 Å². The highest BCUT2D eigenvalue weighted by Gasteiger charge is 2.15. The van der Waals surface area contributed by atoms with Gasteiger partial charge in [0.15, 0.2) is 11.7 Å². The van der Waals surface area contributed by atoms with Crippen LogP contribution in [0, 0.1) is 0 Å². The zero-order valence-electron chi connectivity index (χ0n) is 19.2. The summed E-state index contributed by atoms with van der Waals surface area (Å²) in [4.78, 5) is 12.4. The van der Waals surface area contributed by atoms with Gasteiger partial charge in [-0.3, -0.25) is 14.8 Å². The fraction of sp³-hybridized carbons (Fsp3) is 0.0769. The van der Waals surface area contributed by atoms with Crippen LogP contribution in [-0.2, 0) is 14.8 Å². The summed E-state index contributed by atoms with van der Waals surface area (Å²) in [7, 11) is -2.25. The molecule has 0 atom stereocenters. The molecule has 0 saturated carbocycles. The second kappa shape index (κ2) is 11.1. The van der Waals surface area contributed by atoms with E-state index in [0.29, 0.717) is 22.9 Å². The molecule has 0 aromatic heterocycles. The van der Waals surface area contributed by atoms with E-state index < -0.39 is 15.9 Å². The Morgan fingerprint density at radius 1 is 0.861 bits per heavy atom. The van der Waals surface area contributed by atoms with Crippen LogP contribution < -0.4 is 24.8 Å². The van der Waals surface area contributed by atoms with Gasteiger partial charge in [-0.25, -0.2) is 8.42 Å². The number of amides is 1. The topological polar surface area (TPSA) is 106 Å². The summed E-state index contributed by atoms with van der Waals surface area (Å²) in [5.74, 6) is 0.794. The van der Waals surface area contributed by atoms with Crippen LogP contribution in [0.5, 0.6) is 11.5 Å². The highest BCUT2D eigenvalue weighted by atomic mass is 32.2. The Kier molecular flexibility index (Phi) is 7.67. The summed E-state index contributed by atoms with van der Waals surface area (Å²) >= 11 is 5.19. The first kappa shape index (κ1) is 25.0. The summed E-state index contributed by atoms with van der Waals surface area (Å²) < 4.78 is 38.5. The number of rotatable bonds is 8. The van der Waals surface area contributed by atoms with Crippen LogP contribution in [0.3, 0.4) is 0 Å². The fourth-order valence-corrected chi connectivity index (χ4v) is 4.67. The lowest BCUT2D eigenvalue weighted by Crippen LogP contribution is -2.37. The van der Waals surface area contributed by atoms with Crippen LogP contribution >= 0.6 is 12.2 Å². The number of sulfonamides is 1. The number of fused-ring (bicyclic) bond motifs is 1. The van der Waals surface area contributed by atoms with Crippen LogP contribution in [-0.4, -0.2) is 33.2 Å². The lowest BCUT2D eigenvalue weighted by molar-refractivity contribution is -0.121. The number of carbonyl (C=O) groups excluding carboxylic acids is 1. The molecule has 8 nitrogen and oxygen atoms in total. The van der Waals surface area contributed by atoms with Gasteiger partial charge in [-0.2, -0.15) is 0 Å². The van der Waals surface area contributed by atoms with Crippen LogP contribution in [0.15, 0.2) is 95.9 Å². The van der Waals surface area contributed by atoms with E-state index in [9.17, 15) is 13.2 Å². The van der Waals surface area contributed by atoms with E-state index in [4.69, 9.17) is 21.7 Å². The molecule has 0 aliphatic heterocycles. The smallest absolute Gasteiger partial charge is 0.264 e. The van der Waals surface area contributed by atoms with Gasteiger partial charge >= 0.3 is 0 Å². The normalized spacial score (nSPS) is 10.9. The summed E-state index contributed by atoms with van der Waals surface area (Å²) in [5.41, 5.74) is 0.922. The van der Waals surface area contributed by atoms with E-state index in [1.165, 1.54) is 19.2 Å². The quantitative estimate of drug-likeness (QED) is 0.292. The zero-order chi connectivity index (χ0) is 25.5. The first-order chi connectivity index (χ1) is 17.3. The van der Waals surface area contributed by atoms with Crippen LogP contribution in [0.2, 0.25) is 0 Å². The highest BCUT2D eigenvalue weighted by molar-refractivity contribution is 7.92. The Balaban J connectivity index is 1.30. The lowest BCUT2D eigenvalue weighted by atomic mass is 10.1. The van der Waals surface area contributed by atoms with Crippen LogP contribution in [0.1, 0.15) is 0 Å². The second-order valence-electron chi connectivity index (χ2n) is 7.63. The summed E-state index contributed by atoms with van der Waals surface area (Å²) in [6.07, 6.45) is 0. The molecule has 0 aliphatic carbocycles. The first-order valence-electron chi connectivity index (χ1n) is 10.8. The van der Waals surface area contributed by atoms with E-state index in [2.05, 4.69) is 15.4 Å². The molecule has 0 spiro atoms. The van der Waals surface area contributed by atoms with Crippen molar-refractivity contribution in [1.82, 2.24) is 5.32 Å². The molecule has 10 heteroatoms. The molecule has 3 N–H and O–H groups in total. The highest BCUT2D eigenvalue weighted by Crippen LogP contribution is 2.25. The van der Waals surface area contributed by atoms with Crippen molar-refractivity contribution in [2.75, 3.05) is 23.8 Å². The molecule has 4 rings (SSSR count). The Morgan fingerprint density at radius 3 is 2.25 bits per heavy atom. The van der Waals surface area contributed by atoms with E-state index in [0.717, 1.165) is 10.8 Å². The molecule has 0 bridgehead atoms. The van der Waals surface area contributed by atoms with Crippen LogP contribution in [0.25, 0.3) is 10.8 Å². The zero-order valence-corrected chi connectivity index (χ0v) is 20.9. The third-order valence-electron chi connectivity index (χ3n) is 5.13. The number of carbonyl (C=O) groups is 1. The number of methoxy groups -OCH3 is 1. The summed E-state index contributed by atoms with van der Waals surface area (Å²) in [5, 5.41) is 7.39. The van der Waals surface area contributed by atoms with Gasteiger partial charge in [-0.1, -0.05) is 36.4 Å². The lowest BCUT2D eigenvalue weighted by Gasteiger charge is -2.12. The Hall–Kier alpha value is -4.15. The van der Waals surface area contributed by atoms with Crippen molar-refractivity contribution in [3.05, 3.63) is 91.0 Å². The number of ether oxygens (including phenoxy) is 2. The first-order valence-corrected chi connectivity index (χ1v) is 12.7. The predicted octanol–water partition coefficient (Wildman–Crippen LogP) is 4.54. The largest absolute Gasteiger partial charge is 0.497 e. The van der Waals surface area contributed by atoms with E-state index >= 15 is 0 Å². The number of nitrogens with one attached hydrogen (secondary N) is 3. The molecule has 36 heavy (non-hydrogen) atoms. The van der Waals surface area contributed by atoms with Gasteiger partial charge < -0.3 is 14.8 Å². The number of hydrogen-bond acceptors (Lipinski definition) is 6. The molecule has 0 unspecified atom stereocenters. The molecule has 0 saturated heterocycles. The van der Waals surface area contributed by atoms with E-state index in [1.807, 2.05) is 36.4 Å². The van der Waals surface area contributed by atoms with Gasteiger partial charge in [0.2, 0.25) is 0 Å². The summed E-state index contributed by atoms with van der Waals surface area (Å²) in [6.45, 7) is -0.218. The number of benzene rings is 4. The van der Waals surface area contributed by atoms with E-state index in [-0.39, 0.29) is 16.6 Å². The molecule has 1 amide bonds. The minimum Gasteiger partial charge on any atom is -0.497 e. The number of anilines is 2. The van der Waals surface area contributed by atoms with Gasteiger partial charge in [-0.15, -0.1) is 0 Å². The molecular weight excluding hydrogens is 498 g/mol. The average Bonchev–Trinajstić information content (AvgIpc) is 2.88. The minimum atomic E-state index is -3.78. The molecule has 0 heterocycles. The second-order valence-corrected chi connectivity index (χ2v) is 9.72. The van der Waals surface area contributed by atoms with Crippen molar-refractivity contribution in [3.63, 3.8) is 0 Å². The van der Waals surface area contributed by atoms with Gasteiger partial charge in [0.1, 0.15) is 11.5 Å². The van der Waals surface area contributed by atoms with Gasteiger partial charge in [0.05, 0.1) is 12.0 Å². The molecule has 4 aromatic rings. The maximum Gasteiger partial charge on any atom is 0.264 e. The third kappa shape index (κ3) is 6.29. The molecular formula is C26H23N3O5S2. The maximum atomic E-state index is 12.6. The number of hydrogen-bond donors (Lipinski definition) is 3. The van der Waals surface area contributed by atoms with Crippen molar-refractivity contribution in [2.45, 2.75) is 4.90 Å². The third-order valence-corrected chi connectivity index (χ3v) is 6.73. The Bertz CT molecular complexity index is 1480. The van der Waals surface area contributed by atoms with Gasteiger partial charge in [0, 0.05) is 16.8 Å². The predicted molar refractivity (Wildman–Crippen MR) is 144 cm³/mol. The van der Waals surface area contributed by atoms with Crippen molar-refractivity contribution < 1.29 is 22.7 Å². The molecule has 0 aliphatic rings. The van der Waals surface area contributed by atoms with Crippen molar-refractivity contribution in [1.29, 1.82) is 0 Å². The molecule has 4 aromatic carbocycles. The maximum absolute atomic E-state index is 12.6. The van der Waals surface area contributed by atoms with Gasteiger partial charge in [-0.05, 0) is 72.2 Å². The van der Waals surface area contributed by atoms with Crippen LogP contribution in [0.4, 0.5) is 11.4 Å². The Labute approximate surface area is 214 Å². The Morgan fingerprint density at radius 2 is 1.53 bits per heavy atom. The average molecular weight is 522 g/mol. The monoisotopic (exact) mass is 521 g/mol. The SMILES string of the molecule is COc1ccc(NS(=O)(=O)c2ccc(NC(=S)NC(=O)COc3cccc4ccccc34)cc2)cc1. The van der Waals surface area contributed by atoms with E-state index in [1.54, 1.807) is 42.5 Å². The van der Waals surface area contributed by atoms with Crippen molar-refractivity contribution in [2.24, 2.45) is 0 Å². The minimum absolute atomic E-state index is 0.0634. The fourth-order valence-electron chi connectivity index (χ4n) is 3.38. The van der Waals surface area contributed by atoms with Gasteiger partial charge in [0.25, 0.3) is 15.9 Å². The molecule has 184 valence electrons. The number of thiocarbonyl (C=S) groups is 1. The van der Waals surface area contributed by atoms with Crippen molar-refractivity contribution in [3.8, 4) is 11.5 Å².